The molecule has 5 nitrogen and oxygen atoms in total. The molecule has 0 bridgehead atoms. The second kappa shape index (κ2) is 10.5. The zero-order chi connectivity index (χ0) is 18.4. The lowest BCUT2D eigenvalue weighted by molar-refractivity contribution is 0.131. The number of piperidine rings is 1. The molecule has 3 rings (SSSR count). The number of aromatic nitrogens is 1. The monoisotopic (exact) mass is 485 g/mol. The Labute approximate surface area is 181 Å². The number of nitrogens with zero attached hydrogens (tertiary/aromatic N) is 3. The Hall–Kier alpha value is -1.05. The molecule has 2 N–H and O–H groups in total. The van der Waals surface area contributed by atoms with E-state index in [1.165, 1.54) is 44.1 Å². The summed E-state index contributed by atoms with van der Waals surface area (Å²) in [6.07, 6.45) is 9.83. The third-order valence-electron chi connectivity index (χ3n) is 6.40. The summed E-state index contributed by atoms with van der Waals surface area (Å²) in [7, 11) is 1.84. The Balaban J connectivity index is 0.00000261. The average Bonchev–Trinajstić information content (AvgIpc) is 2.65. The average molecular weight is 485 g/mol. The molecule has 0 unspecified atom stereocenters. The van der Waals surface area contributed by atoms with Crippen molar-refractivity contribution in [2.75, 3.05) is 31.6 Å². The highest BCUT2D eigenvalue weighted by Crippen LogP contribution is 2.42. The summed E-state index contributed by atoms with van der Waals surface area (Å²) in [5, 5.41) is 6.93. The Morgan fingerprint density at radius 2 is 2.00 bits per heavy atom. The molecule has 27 heavy (non-hydrogen) atoms. The molecule has 0 atom stereocenters. The van der Waals surface area contributed by atoms with E-state index in [1.807, 2.05) is 13.2 Å². The summed E-state index contributed by atoms with van der Waals surface area (Å²) in [4.78, 5) is 11.4. The molecular formula is C21H36IN5. The summed E-state index contributed by atoms with van der Waals surface area (Å²) in [5.74, 6) is 2.85. The van der Waals surface area contributed by atoms with Crippen molar-refractivity contribution in [1.29, 1.82) is 0 Å². The Bertz CT molecular complexity index is 584. The minimum absolute atomic E-state index is 0. The van der Waals surface area contributed by atoms with E-state index in [-0.39, 0.29) is 24.0 Å². The molecule has 0 radical (unpaired) electrons. The number of rotatable bonds is 6. The number of hydrogen-bond donors (Lipinski definition) is 2. The predicted octanol–water partition coefficient (Wildman–Crippen LogP) is 4.18. The third-order valence-corrected chi connectivity index (χ3v) is 6.40. The van der Waals surface area contributed by atoms with Gasteiger partial charge in [-0.15, -0.1) is 24.0 Å². The first-order chi connectivity index (χ1) is 12.6. The normalized spacial score (nSPS) is 19.8. The number of guanidine groups is 1. The first-order valence-electron chi connectivity index (χ1n) is 10.3. The van der Waals surface area contributed by atoms with E-state index in [1.54, 1.807) is 0 Å². The van der Waals surface area contributed by atoms with Gasteiger partial charge in [0, 0.05) is 39.4 Å². The van der Waals surface area contributed by atoms with Gasteiger partial charge < -0.3 is 15.5 Å². The van der Waals surface area contributed by atoms with E-state index < -0.39 is 0 Å². The summed E-state index contributed by atoms with van der Waals surface area (Å²) in [6, 6.07) is 4.34. The maximum atomic E-state index is 4.68. The molecule has 1 saturated heterocycles. The van der Waals surface area contributed by atoms with Crippen molar-refractivity contribution in [2.24, 2.45) is 16.3 Å². The van der Waals surface area contributed by atoms with Crippen LogP contribution in [0.15, 0.2) is 23.3 Å². The van der Waals surface area contributed by atoms with Gasteiger partial charge in [0.15, 0.2) is 5.96 Å². The van der Waals surface area contributed by atoms with Crippen LogP contribution < -0.4 is 15.5 Å². The highest BCUT2D eigenvalue weighted by Gasteiger charge is 2.34. The van der Waals surface area contributed by atoms with Gasteiger partial charge in [0.05, 0.1) is 0 Å². The standard InChI is InChI=1S/C21H35N5.HI/c1-4-21(10-5-11-21)16-25-20(22-3)24-15-18-6-7-19(23-14-18)26-12-8-17(2)9-13-26;/h6-7,14,17H,4-5,8-13,15-16H2,1-3H3,(H2,22,24,25);1H. The molecule has 1 aromatic rings. The lowest BCUT2D eigenvalue weighted by Gasteiger charge is -2.41. The summed E-state index contributed by atoms with van der Waals surface area (Å²) < 4.78 is 0. The Morgan fingerprint density at radius 1 is 1.26 bits per heavy atom. The van der Waals surface area contributed by atoms with E-state index in [0.29, 0.717) is 5.41 Å². The summed E-state index contributed by atoms with van der Waals surface area (Å²) in [6.45, 7) is 8.67. The number of pyridine rings is 1. The molecule has 2 fully saturated rings. The van der Waals surface area contributed by atoms with Gasteiger partial charge in [0.2, 0.25) is 0 Å². The molecule has 6 heteroatoms. The molecular weight excluding hydrogens is 449 g/mol. The zero-order valence-corrected chi connectivity index (χ0v) is 19.5. The van der Waals surface area contributed by atoms with Crippen LogP contribution in [0, 0.1) is 11.3 Å². The van der Waals surface area contributed by atoms with Crippen molar-refractivity contribution in [3.8, 4) is 0 Å². The fourth-order valence-electron chi connectivity index (χ4n) is 3.96. The van der Waals surface area contributed by atoms with Gasteiger partial charge in [-0.3, -0.25) is 4.99 Å². The van der Waals surface area contributed by atoms with Crippen molar-refractivity contribution in [3.05, 3.63) is 23.9 Å². The Morgan fingerprint density at radius 3 is 2.52 bits per heavy atom. The molecule has 0 spiro atoms. The third kappa shape index (κ3) is 5.96. The van der Waals surface area contributed by atoms with Crippen LogP contribution in [-0.4, -0.2) is 37.6 Å². The van der Waals surface area contributed by atoms with Crippen LogP contribution >= 0.6 is 24.0 Å². The first kappa shape index (κ1) is 22.2. The van der Waals surface area contributed by atoms with Crippen LogP contribution in [0.3, 0.4) is 0 Å². The second-order valence-electron chi connectivity index (χ2n) is 8.18. The number of halogens is 1. The van der Waals surface area contributed by atoms with Crippen molar-refractivity contribution < 1.29 is 0 Å². The van der Waals surface area contributed by atoms with Crippen LogP contribution in [0.2, 0.25) is 0 Å². The second-order valence-corrected chi connectivity index (χ2v) is 8.18. The van der Waals surface area contributed by atoms with E-state index in [4.69, 9.17) is 0 Å². The molecule has 1 aliphatic carbocycles. The van der Waals surface area contributed by atoms with Crippen LogP contribution in [0.25, 0.3) is 0 Å². The fourth-order valence-corrected chi connectivity index (χ4v) is 3.96. The largest absolute Gasteiger partial charge is 0.357 e. The zero-order valence-electron chi connectivity index (χ0n) is 17.1. The molecule has 2 heterocycles. The number of anilines is 1. The maximum Gasteiger partial charge on any atom is 0.191 e. The summed E-state index contributed by atoms with van der Waals surface area (Å²) >= 11 is 0. The lowest BCUT2D eigenvalue weighted by Crippen LogP contribution is -2.46. The molecule has 0 aromatic carbocycles. The number of nitrogens with one attached hydrogen (secondary N) is 2. The predicted molar refractivity (Wildman–Crippen MR) is 125 cm³/mol. The summed E-state index contributed by atoms with van der Waals surface area (Å²) in [5.41, 5.74) is 1.68. The van der Waals surface area contributed by atoms with Crippen molar-refractivity contribution >= 4 is 35.8 Å². The topological polar surface area (TPSA) is 52.6 Å². The maximum absolute atomic E-state index is 4.68. The van der Waals surface area contributed by atoms with E-state index >= 15 is 0 Å². The van der Waals surface area contributed by atoms with Gasteiger partial charge in [-0.2, -0.15) is 0 Å². The minimum Gasteiger partial charge on any atom is -0.357 e. The van der Waals surface area contributed by atoms with Crippen LogP contribution in [0.5, 0.6) is 0 Å². The molecule has 1 saturated carbocycles. The molecule has 0 amide bonds. The van der Waals surface area contributed by atoms with E-state index in [0.717, 1.165) is 43.9 Å². The van der Waals surface area contributed by atoms with Gasteiger partial charge >= 0.3 is 0 Å². The highest BCUT2D eigenvalue weighted by molar-refractivity contribution is 14.0. The number of aliphatic imine (C=N–C) groups is 1. The van der Waals surface area contributed by atoms with Crippen LogP contribution in [0.1, 0.15) is 57.9 Å². The molecule has 2 aliphatic rings. The van der Waals surface area contributed by atoms with Crippen molar-refractivity contribution in [1.82, 2.24) is 15.6 Å². The van der Waals surface area contributed by atoms with Gasteiger partial charge in [-0.25, -0.2) is 4.98 Å². The minimum atomic E-state index is 0. The van der Waals surface area contributed by atoms with Crippen LogP contribution in [-0.2, 0) is 6.54 Å². The quantitative estimate of drug-likeness (QED) is 0.361. The van der Waals surface area contributed by atoms with Crippen LogP contribution in [0.4, 0.5) is 5.82 Å². The van der Waals surface area contributed by atoms with Crippen molar-refractivity contribution in [2.45, 2.75) is 58.9 Å². The highest BCUT2D eigenvalue weighted by atomic mass is 127. The van der Waals surface area contributed by atoms with Gasteiger partial charge in [0.25, 0.3) is 0 Å². The van der Waals surface area contributed by atoms with E-state index in [2.05, 4.69) is 51.5 Å². The molecule has 152 valence electrons. The molecule has 1 aromatic heterocycles. The van der Waals surface area contributed by atoms with E-state index in [9.17, 15) is 0 Å². The fraction of sp³-hybridized carbons (Fsp3) is 0.714. The smallest absolute Gasteiger partial charge is 0.191 e. The van der Waals surface area contributed by atoms with Gasteiger partial charge in [-0.05, 0) is 55.1 Å². The van der Waals surface area contributed by atoms with Gasteiger partial charge in [-0.1, -0.05) is 26.3 Å². The first-order valence-corrected chi connectivity index (χ1v) is 10.3. The Kier molecular flexibility index (Phi) is 8.63. The van der Waals surface area contributed by atoms with Crippen molar-refractivity contribution in [3.63, 3.8) is 0 Å². The molecule has 1 aliphatic heterocycles. The SMILES string of the molecule is CCC1(CNC(=NC)NCc2ccc(N3CCC(C)CC3)nc2)CCC1.I. The lowest BCUT2D eigenvalue weighted by atomic mass is 9.67. The van der Waals surface area contributed by atoms with Gasteiger partial charge in [0.1, 0.15) is 5.82 Å². The number of hydrogen-bond acceptors (Lipinski definition) is 3.